The SMILES string of the molecule is COc1cc(C)c(C2(CO)CC2)cc1C. The topological polar surface area (TPSA) is 29.5 Å². The summed E-state index contributed by atoms with van der Waals surface area (Å²) in [5, 5.41) is 9.42. The van der Waals surface area contributed by atoms with E-state index in [0.29, 0.717) is 0 Å². The second-order valence-corrected chi connectivity index (χ2v) is 4.58. The number of ether oxygens (including phenoxy) is 1. The van der Waals surface area contributed by atoms with Gasteiger partial charge < -0.3 is 9.84 Å². The Kier molecular flexibility index (Phi) is 2.47. The number of methoxy groups -OCH3 is 1. The highest BCUT2D eigenvalue weighted by Crippen LogP contribution is 2.49. The number of aliphatic hydroxyl groups excluding tert-OH is 1. The molecule has 1 N–H and O–H groups in total. The lowest BCUT2D eigenvalue weighted by Gasteiger charge is -2.17. The van der Waals surface area contributed by atoms with Crippen molar-refractivity contribution >= 4 is 0 Å². The fourth-order valence-electron chi connectivity index (χ4n) is 2.24. The first kappa shape index (κ1) is 10.5. The molecule has 0 radical (unpaired) electrons. The van der Waals surface area contributed by atoms with Crippen LogP contribution in [0.4, 0.5) is 0 Å². The number of hydrogen-bond donors (Lipinski definition) is 1. The van der Waals surface area contributed by atoms with Gasteiger partial charge in [-0.25, -0.2) is 0 Å². The first-order valence-electron chi connectivity index (χ1n) is 5.39. The van der Waals surface area contributed by atoms with E-state index >= 15 is 0 Å². The largest absolute Gasteiger partial charge is 0.496 e. The van der Waals surface area contributed by atoms with E-state index in [0.717, 1.165) is 24.2 Å². The van der Waals surface area contributed by atoms with E-state index in [2.05, 4.69) is 26.0 Å². The van der Waals surface area contributed by atoms with Crippen molar-refractivity contribution in [1.82, 2.24) is 0 Å². The summed E-state index contributed by atoms with van der Waals surface area (Å²) in [5.41, 5.74) is 3.73. The standard InChI is InChI=1S/C13H18O2/c1-9-7-12(15-3)10(2)6-11(9)13(8-14)4-5-13/h6-7,14H,4-5,8H2,1-3H3. The summed E-state index contributed by atoms with van der Waals surface area (Å²) < 4.78 is 5.29. The van der Waals surface area contributed by atoms with Gasteiger partial charge in [0.25, 0.3) is 0 Å². The molecule has 0 aliphatic heterocycles. The van der Waals surface area contributed by atoms with E-state index in [9.17, 15) is 5.11 Å². The van der Waals surface area contributed by atoms with Crippen LogP contribution >= 0.6 is 0 Å². The summed E-state index contributed by atoms with van der Waals surface area (Å²) in [4.78, 5) is 0. The van der Waals surface area contributed by atoms with E-state index in [1.165, 1.54) is 11.1 Å². The second-order valence-electron chi connectivity index (χ2n) is 4.58. The predicted octanol–water partition coefficient (Wildman–Crippen LogP) is 2.34. The Labute approximate surface area is 90.9 Å². The molecule has 0 spiro atoms. The Morgan fingerprint density at radius 3 is 2.40 bits per heavy atom. The smallest absolute Gasteiger partial charge is 0.122 e. The van der Waals surface area contributed by atoms with Crippen LogP contribution in [0.25, 0.3) is 0 Å². The molecule has 0 bridgehead atoms. The summed E-state index contributed by atoms with van der Waals surface area (Å²) >= 11 is 0. The van der Waals surface area contributed by atoms with Crippen LogP contribution < -0.4 is 4.74 Å². The normalized spacial score (nSPS) is 17.6. The highest BCUT2D eigenvalue weighted by molar-refractivity contribution is 5.47. The first-order chi connectivity index (χ1) is 7.13. The molecule has 1 aliphatic rings. The third kappa shape index (κ3) is 1.63. The van der Waals surface area contributed by atoms with Gasteiger partial charge in [-0.3, -0.25) is 0 Å². The number of aryl methyl sites for hydroxylation is 2. The monoisotopic (exact) mass is 206 g/mol. The number of rotatable bonds is 3. The molecule has 0 aromatic heterocycles. The van der Waals surface area contributed by atoms with Gasteiger partial charge in [0.15, 0.2) is 0 Å². The van der Waals surface area contributed by atoms with Gasteiger partial charge in [0, 0.05) is 5.41 Å². The molecule has 82 valence electrons. The molecular formula is C13H18O2. The lowest BCUT2D eigenvalue weighted by Crippen LogP contribution is -2.14. The van der Waals surface area contributed by atoms with Crippen LogP contribution in [0.2, 0.25) is 0 Å². The molecule has 1 aromatic carbocycles. The minimum Gasteiger partial charge on any atom is -0.496 e. The zero-order chi connectivity index (χ0) is 11.1. The van der Waals surface area contributed by atoms with Crippen molar-refractivity contribution in [2.75, 3.05) is 13.7 Å². The molecular weight excluding hydrogens is 188 g/mol. The van der Waals surface area contributed by atoms with E-state index < -0.39 is 0 Å². The van der Waals surface area contributed by atoms with Crippen LogP contribution in [0.1, 0.15) is 29.5 Å². The summed E-state index contributed by atoms with van der Waals surface area (Å²) in [5.74, 6) is 0.935. The van der Waals surface area contributed by atoms with Crippen LogP contribution in [0.3, 0.4) is 0 Å². The Bertz CT molecular complexity index is 378. The Hall–Kier alpha value is -1.02. The fourth-order valence-corrected chi connectivity index (χ4v) is 2.24. The summed E-state index contributed by atoms with van der Waals surface area (Å²) in [6.07, 6.45) is 2.21. The average Bonchev–Trinajstić information content (AvgIpc) is 3.01. The molecule has 2 heteroatoms. The Morgan fingerprint density at radius 1 is 1.27 bits per heavy atom. The molecule has 1 fully saturated rings. The molecule has 0 saturated heterocycles. The lowest BCUT2D eigenvalue weighted by atomic mass is 9.91. The van der Waals surface area contributed by atoms with E-state index in [1.807, 2.05) is 0 Å². The average molecular weight is 206 g/mol. The highest BCUT2D eigenvalue weighted by atomic mass is 16.5. The third-order valence-corrected chi connectivity index (χ3v) is 3.47. The summed E-state index contributed by atoms with van der Waals surface area (Å²) in [7, 11) is 1.69. The molecule has 15 heavy (non-hydrogen) atoms. The van der Waals surface area contributed by atoms with Crippen molar-refractivity contribution in [1.29, 1.82) is 0 Å². The van der Waals surface area contributed by atoms with E-state index in [4.69, 9.17) is 4.74 Å². The maximum atomic E-state index is 9.42. The van der Waals surface area contributed by atoms with E-state index in [1.54, 1.807) is 7.11 Å². The third-order valence-electron chi connectivity index (χ3n) is 3.47. The first-order valence-corrected chi connectivity index (χ1v) is 5.39. The molecule has 1 aromatic rings. The van der Waals surface area contributed by atoms with Gasteiger partial charge in [-0.15, -0.1) is 0 Å². The van der Waals surface area contributed by atoms with Gasteiger partial charge in [0.1, 0.15) is 5.75 Å². The molecule has 0 atom stereocenters. The highest BCUT2D eigenvalue weighted by Gasteiger charge is 2.44. The molecule has 0 unspecified atom stereocenters. The zero-order valence-corrected chi connectivity index (χ0v) is 9.63. The van der Waals surface area contributed by atoms with E-state index in [-0.39, 0.29) is 12.0 Å². The van der Waals surface area contributed by atoms with Gasteiger partial charge in [-0.05, 0) is 49.4 Å². The van der Waals surface area contributed by atoms with Crippen LogP contribution in [0.5, 0.6) is 5.75 Å². The minimum absolute atomic E-state index is 0.0567. The lowest BCUT2D eigenvalue weighted by molar-refractivity contribution is 0.254. The molecule has 2 nitrogen and oxygen atoms in total. The number of hydrogen-bond acceptors (Lipinski definition) is 2. The van der Waals surface area contributed by atoms with Crippen molar-refractivity contribution in [3.63, 3.8) is 0 Å². The maximum absolute atomic E-state index is 9.42. The molecule has 2 rings (SSSR count). The Morgan fingerprint density at radius 2 is 1.93 bits per heavy atom. The van der Waals surface area contributed by atoms with Gasteiger partial charge in [0.2, 0.25) is 0 Å². The molecule has 1 aliphatic carbocycles. The quantitative estimate of drug-likeness (QED) is 0.822. The molecule has 0 amide bonds. The minimum atomic E-state index is 0.0567. The van der Waals surface area contributed by atoms with Gasteiger partial charge in [-0.1, -0.05) is 6.07 Å². The van der Waals surface area contributed by atoms with Crippen molar-refractivity contribution in [2.45, 2.75) is 32.1 Å². The zero-order valence-electron chi connectivity index (χ0n) is 9.63. The second kappa shape index (κ2) is 3.53. The van der Waals surface area contributed by atoms with Crippen LogP contribution in [0, 0.1) is 13.8 Å². The molecule has 0 heterocycles. The predicted molar refractivity (Wildman–Crippen MR) is 60.5 cm³/mol. The Balaban J connectivity index is 2.45. The van der Waals surface area contributed by atoms with Crippen LogP contribution in [0.15, 0.2) is 12.1 Å². The van der Waals surface area contributed by atoms with Crippen molar-refractivity contribution in [3.05, 3.63) is 28.8 Å². The van der Waals surface area contributed by atoms with Crippen LogP contribution in [-0.4, -0.2) is 18.8 Å². The number of aliphatic hydroxyl groups is 1. The summed E-state index contributed by atoms with van der Waals surface area (Å²) in [6, 6.07) is 4.23. The van der Waals surface area contributed by atoms with Crippen molar-refractivity contribution in [3.8, 4) is 5.75 Å². The van der Waals surface area contributed by atoms with Crippen molar-refractivity contribution < 1.29 is 9.84 Å². The van der Waals surface area contributed by atoms with Gasteiger partial charge in [-0.2, -0.15) is 0 Å². The maximum Gasteiger partial charge on any atom is 0.122 e. The molecule has 1 saturated carbocycles. The summed E-state index contributed by atoms with van der Waals surface area (Å²) in [6.45, 7) is 4.40. The van der Waals surface area contributed by atoms with Crippen LogP contribution in [-0.2, 0) is 5.41 Å². The van der Waals surface area contributed by atoms with Gasteiger partial charge in [0.05, 0.1) is 13.7 Å². The number of benzene rings is 1. The van der Waals surface area contributed by atoms with Crippen molar-refractivity contribution in [2.24, 2.45) is 0 Å². The fraction of sp³-hybridized carbons (Fsp3) is 0.538. The van der Waals surface area contributed by atoms with Gasteiger partial charge >= 0.3 is 0 Å².